The van der Waals surface area contributed by atoms with Crippen LogP contribution < -0.4 is 0 Å². The molecule has 5 heteroatoms. The maximum Gasteiger partial charge on any atom is 0.303 e. The summed E-state index contributed by atoms with van der Waals surface area (Å²) in [6.45, 7) is 3.80. The highest BCUT2D eigenvalue weighted by Gasteiger charge is 2.10. The molecule has 0 bridgehead atoms. The standard InChI is InChI=1S/C16H17ClN2O2/c1-10-14(7-8-16(20)21)11(2)19-15(18-10)9-12-3-5-13(17)6-4-12/h3-6H,7-9H2,1-2H3,(H,20,21). The monoisotopic (exact) mass is 304 g/mol. The summed E-state index contributed by atoms with van der Waals surface area (Å²) in [7, 11) is 0. The quantitative estimate of drug-likeness (QED) is 0.920. The summed E-state index contributed by atoms with van der Waals surface area (Å²) < 4.78 is 0. The number of carbonyl (C=O) groups is 1. The number of hydrogen-bond donors (Lipinski definition) is 1. The molecule has 1 aromatic heterocycles. The molecule has 0 radical (unpaired) electrons. The Bertz CT molecular complexity index is 631. The van der Waals surface area contributed by atoms with Gasteiger partial charge in [0.15, 0.2) is 0 Å². The van der Waals surface area contributed by atoms with Crippen LogP contribution >= 0.6 is 11.6 Å². The van der Waals surface area contributed by atoms with E-state index in [0.29, 0.717) is 17.9 Å². The van der Waals surface area contributed by atoms with E-state index in [1.165, 1.54) is 0 Å². The van der Waals surface area contributed by atoms with Crippen LogP contribution in [0.5, 0.6) is 0 Å². The van der Waals surface area contributed by atoms with Crippen molar-refractivity contribution in [2.24, 2.45) is 0 Å². The highest BCUT2D eigenvalue weighted by molar-refractivity contribution is 6.30. The van der Waals surface area contributed by atoms with E-state index < -0.39 is 5.97 Å². The molecular formula is C16H17ClN2O2. The fourth-order valence-electron chi connectivity index (χ4n) is 2.27. The molecule has 0 saturated heterocycles. The lowest BCUT2D eigenvalue weighted by atomic mass is 10.1. The number of aryl methyl sites for hydroxylation is 2. The van der Waals surface area contributed by atoms with Crippen molar-refractivity contribution in [3.05, 3.63) is 57.6 Å². The third-order valence-corrected chi connectivity index (χ3v) is 3.58. The highest BCUT2D eigenvalue weighted by atomic mass is 35.5. The first kappa shape index (κ1) is 15.4. The van der Waals surface area contributed by atoms with E-state index >= 15 is 0 Å². The van der Waals surface area contributed by atoms with Crippen molar-refractivity contribution in [1.82, 2.24) is 9.97 Å². The zero-order valence-corrected chi connectivity index (χ0v) is 12.8. The molecule has 2 aromatic rings. The van der Waals surface area contributed by atoms with Gasteiger partial charge in [-0.2, -0.15) is 0 Å². The summed E-state index contributed by atoms with van der Waals surface area (Å²) in [6, 6.07) is 7.60. The second kappa shape index (κ2) is 6.68. The number of nitrogens with zero attached hydrogens (tertiary/aromatic N) is 2. The van der Waals surface area contributed by atoms with Gasteiger partial charge in [0.2, 0.25) is 0 Å². The molecule has 0 atom stereocenters. The summed E-state index contributed by atoms with van der Waals surface area (Å²) in [4.78, 5) is 19.7. The average Bonchev–Trinajstić information content (AvgIpc) is 2.40. The Morgan fingerprint density at radius 1 is 1.14 bits per heavy atom. The maximum atomic E-state index is 10.7. The molecule has 1 heterocycles. The minimum Gasteiger partial charge on any atom is -0.481 e. The molecule has 21 heavy (non-hydrogen) atoms. The smallest absolute Gasteiger partial charge is 0.303 e. The molecule has 4 nitrogen and oxygen atoms in total. The summed E-state index contributed by atoms with van der Waals surface area (Å²) in [5, 5.41) is 9.48. The Balaban J connectivity index is 2.18. The van der Waals surface area contributed by atoms with Crippen LogP contribution in [-0.2, 0) is 17.6 Å². The molecular weight excluding hydrogens is 288 g/mol. The van der Waals surface area contributed by atoms with Crippen molar-refractivity contribution >= 4 is 17.6 Å². The van der Waals surface area contributed by atoms with Crippen LogP contribution in [0.2, 0.25) is 5.02 Å². The first-order valence-electron chi connectivity index (χ1n) is 6.75. The van der Waals surface area contributed by atoms with E-state index in [0.717, 1.165) is 28.3 Å². The number of hydrogen-bond acceptors (Lipinski definition) is 3. The second-order valence-corrected chi connectivity index (χ2v) is 5.42. The Hall–Kier alpha value is -1.94. The molecule has 110 valence electrons. The van der Waals surface area contributed by atoms with E-state index in [1.54, 1.807) is 0 Å². The molecule has 0 amide bonds. The van der Waals surface area contributed by atoms with Gasteiger partial charge in [-0.25, -0.2) is 9.97 Å². The first-order valence-corrected chi connectivity index (χ1v) is 7.12. The van der Waals surface area contributed by atoms with Gasteiger partial charge in [0.05, 0.1) is 0 Å². The minimum absolute atomic E-state index is 0.0988. The molecule has 0 aliphatic heterocycles. The number of halogens is 1. The van der Waals surface area contributed by atoms with Crippen molar-refractivity contribution in [2.75, 3.05) is 0 Å². The minimum atomic E-state index is -0.806. The number of aromatic nitrogens is 2. The Morgan fingerprint density at radius 3 is 2.24 bits per heavy atom. The average molecular weight is 305 g/mol. The number of carboxylic acids is 1. The Labute approximate surface area is 128 Å². The van der Waals surface area contributed by atoms with Crippen LogP contribution in [0.15, 0.2) is 24.3 Å². The zero-order valence-electron chi connectivity index (χ0n) is 12.1. The Morgan fingerprint density at radius 2 is 1.71 bits per heavy atom. The largest absolute Gasteiger partial charge is 0.481 e. The normalized spacial score (nSPS) is 10.6. The molecule has 0 saturated carbocycles. The summed E-state index contributed by atoms with van der Waals surface area (Å²) in [6.07, 6.45) is 1.20. The van der Waals surface area contributed by atoms with E-state index in [2.05, 4.69) is 9.97 Å². The molecule has 2 rings (SSSR count). The second-order valence-electron chi connectivity index (χ2n) is 4.99. The van der Waals surface area contributed by atoms with E-state index in [9.17, 15) is 4.79 Å². The lowest BCUT2D eigenvalue weighted by Gasteiger charge is -2.10. The number of rotatable bonds is 5. The van der Waals surface area contributed by atoms with Crippen LogP contribution in [0.3, 0.4) is 0 Å². The lowest BCUT2D eigenvalue weighted by Crippen LogP contribution is -2.08. The van der Waals surface area contributed by atoms with Gasteiger partial charge in [0, 0.05) is 29.3 Å². The third-order valence-electron chi connectivity index (χ3n) is 3.33. The summed E-state index contributed by atoms with van der Waals surface area (Å²) in [5.74, 6) is -0.0644. The van der Waals surface area contributed by atoms with Crippen LogP contribution in [-0.4, -0.2) is 21.0 Å². The van der Waals surface area contributed by atoms with E-state index in [4.69, 9.17) is 16.7 Å². The van der Waals surface area contributed by atoms with E-state index in [1.807, 2.05) is 38.1 Å². The number of benzene rings is 1. The van der Waals surface area contributed by atoms with Gasteiger partial charge in [0.1, 0.15) is 5.82 Å². The first-order chi connectivity index (χ1) is 9.95. The molecule has 0 spiro atoms. The highest BCUT2D eigenvalue weighted by Crippen LogP contribution is 2.16. The van der Waals surface area contributed by atoms with Gasteiger partial charge in [-0.15, -0.1) is 0 Å². The van der Waals surface area contributed by atoms with E-state index in [-0.39, 0.29) is 6.42 Å². The fraction of sp³-hybridized carbons (Fsp3) is 0.312. The molecule has 0 aliphatic rings. The zero-order chi connectivity index (χ0) is 15.4. The van der Waals surface area contributed by atoms with Gasteiger partial charge in [0.25, 0.3) is 0 Å². The number of carboxylic acid groups (broad SMARTS) is 1. The molecule has 0 fully saturated rings. The summed E-state index contributed by atoms with van der Waals surface area (Å²) in [5.41, 5.74) is 3.73. The summed E-state index contributed by atoms with van der Waals surface area (Å²) >= 11 is 5.87. The van der Waals surface area contributed by atoms with Gasteiger partial charge in [-0.05, 0) is 43.5 Å². The molecule has 0 unspecified atom stereocenters. The van der Waals surface area contributed by atoms with Gasteiger partial charge < -0.3 is 5.11 Å². The topological polar surface area (TPSA) is 63.1 Å². The van der Waals surface area contributed by atoms with Crippen molar-refractivity contribution in [3.8, 4) is 0 Å². The van der Waals surface area contributed by atoms with Crippen LogP contribution in [0, 0.1) is 13.8 Å². The van der Waals surface area contributed by atoms with Crippen molar-refractivity contribution < 1.29 is 9.90 Å². The molecule has 0 aliphatic carbocycles. The third kappa shape index (κ3) is 4.26. The SMILES string of the molecule is Cc1nc(Cc2ccc(Cl)cc2)nc(C)c1CCC(=O)O. The van der Waals surface area contributed by atoms with Gasteiger partial charge in [-0.3, -0.25) is 4.79 Å². The van der Waals surface area contributed by atoms with Crippen LogP contribution in [0.1, 0.15) is 34.8 Å². The van der Waals surface area contributed by atoms with Crippen LogP contribution in [0.25, 0.3) is 0 Å². The maximum absolute atomic E-state index is 10.7. The van der Waals surface area contributed by atoms with Crippen LogP contribution in [0.4, 0.5) is 0 Å². The lowest BCUT2D eigenvalue weighted by molar-refractivity contribution is -0.136. The predicted molar refractivity (Wildman–Crippen MR) is 81.7 cm³/mol. The number of aliphatic carboxylic acids is 1. The molecule has 1 aromatic carbocycles. The molecule has 1 N–H and O–H groups in total. The fourth-order valence-corrected chi connectivity index (χ4v) is 2.39. The van der Waals surface area contributed by atoms with Crippen molar-refractivity contribution in [1.29, 1.82) is 0 Å². The van der Waals surface area contributed by atoms with Gasteiger partial charge >= 0.3 is 5.97 Å². The predicted octanol–water partition coefficient (Wildman–Crippen LogP) is 3.35. The van der Waals surface area contributed by atoms with Gasteiger partial charge in [-0.1, -0.05) is 23.7 Å². The Kier molecular flexibility index (Phi) is 4.91. The van der Waals surface area contributed by atoms with Crippen molar-refractivity contribution in [2.45, 2.75) is 33.1 Å². The van der Waals surface area contributed by atoms with Crippen molar-refractivity contribution in [3.63, 3.8) is 0 Å².